The Morgan fingerprint density at radius 1 is 1.19 bits per heavy atom. The first-order valence-corrected chi connectivity index (χ1v) is 11.2. The van der Waals surface area contributed by atoms with Gasteiger partial charge >= 0.3 is 0 Å². The van der Waals surface area contributed by atoms with Crippen LogP contribution in [0.25, 0.3) is 11.0 Å². The minimum Gasteiger partial charge on any atom is -0.350 e. The molecular weight excluding hydrogens is 434 g/mol. The largest absolute Gasteiger partial charge is 0.350 e. The summed E-state index contributed by atoms with van der Waals surface area (Å²) in [7, 11) is 0. The van der Waals surface area contributed by atoms with Crippen LogP contribution in [0.4, 0.5) is 25.7 Å². The lowest BCUT2D eigenvalue weighted by Crippen LogP contribution is -2.30. The van der Waals surface area contributed by atoms with Gasteiger partial charge in [-0.05, 0) is 38.9 Å². The van der Waals surface area contributed by atoms with E-state index in [0.717, 1.165) is 42.3 Å². The maximum atomic E-state index is 14.1. The predicted octanol–water partition coefficient (Wildman–Crippen LogP) is 4.15. The molecule has 4 heterocycles. The molecule has 5 rings (SSSR count). The molecule has 0 bridgehead atoms. The fourth-order valence-corrected chi connectivity index (χ4v) is 4.44. The second-order valence-corrected chi connectivity index (χ2v) is 8.93. The molecule has 1 saturated heterocycles. The van der Waals surface area contributed by atoms with Gasteiger partial charge in [-0.2, -0.15) is 15.1 Å². The van der Waals surface area contributed by atoms with Crippen molar-refractivity contribution in [2.75, 3.05) is 23.7 Å². The van der Waals surface area contributed by atoms with Crippen molar-refractivity contribution in [3.05, 3.63) is 52.7 Å². The standard InChI is InChI=1S/C21H22F2N8S/c1-12-9-26-21(32-12)29-18-16-11-27-31(15-4-6-24-7-5-15)19(16)30-20(28-18)25-10-13-2-3-14(22)8-17(13)23/h2-3,8-9,11,15,24H,4-7,10H2,1H3,(H2,25,26,28,29,30). The minimum atomic E-state index is -0.616. The highest BCUT2D eigenvalue weighted by Crippen LogP contribution is 2.30. The number of aromatic nitrogens is 5. The number of piperidine rings is 1. The van der Waals surface area contributed by atoms with Crippen LogP contribution in [-0.4, -0.2) is 37.8 Å². The number of fused-ring (bicyclic) bond motifs is 1. The Bertz CT molecular complexity index is 1250. The number of hydrogen-bond acceptors (Lipinski definition) is 8. The molecule has 0 unspecified atom stereocenters. The van der Waals surface area contributed by atoms with E-state index < -0.39 is 11.6 Å². The van der Waals surface area contributed by atoms with Gasteiger partial charge in [-0.25, -0.2) is 18.4 Å². The Hall–Kier alpha value is -3.18. The second kappa shape index (κ2) is 8.75. The summed E-state index contributed by atoms with van der Waals surface area (Å²) in [5, 5.41) is 15.8. The van der Waals surface area contributed by atoms with Crippen LogP contribution in [0.1, 0.15) is 29.3 Å². The lowest BCUT2D eigenvalue weighted by Gasteiger charge is -2.23. The fourth-order valence-electron chi connectivity index (χ4n) is 3.77. The lowest BCUT2D eigenvalue weighted by atomic mass is 10.1. The molecule has 166 valence electrons. The first-order chi connectivity index (χ1) is 15.6. The summed E-state index contributed by atoms with van der Waals surface area (Å²) >= 11 is 1.52. The molecule has 3 aromatic heterocycles. The van der Waals surface area contributed by atoms with Gasteiger partial charge < -0.3 is 16.0 Å². The van der Waals surface area contributed by atoms with Crippen LogP contribution in [0.15, 0.2) is 30.6 Å². The van der Waals surface area contributed by atoms with E-state index in [1.807, 2.05) is 11.6 Å². The number of halogens is 2. The highest BCUT2D eigenvalue weighted by Gasteiger charge is 2.21. The molecule has 4 aromatic rings. The summed E-state index contributed by atoms with van der Waals surface area (Å²) < 4.78 is 29.2. The van der Waals surface area contributed by atoms with E-state index in [0.29, 0.717) is 28.1 Å². The zero-order chi connectivity index (χ0) is 22.1. The highest BCUT2D eigenvalue weighted by atomic mass is 32.1. The molecule has 11 heteroatoms. The molecule has 1 fully saturated rings. The van der Waals surface area contributed by atoms with Crippen LogP contribution in [-0.2, 0) is 6.54 Å². The Morgan fingerprint density at radius 3 is 2.78 bits per heavy atom. The van der Waals surface area contributed by atoms with E-state index in [-0.39, 0.29) is 12.6 Å². The first-order valence-electron chi connectivity index (χ1n) is 10.4. The Balaban J connectivity index is 1.50. The van der Waals surface area contributed by atoms with Crippen LogP contribution >= 0.6 is 11.3 Å². The summed E-state index contributed by atoms with van der Waals surface area (Å²) in [4.78, 5) is 14.7. The third kappa shape index (κ3) is 4.26. The van der Waals surface area contributed by atoms with Crippen molar-refractivity contribution >= 4 is 39.3 Å². The molecular formula is C21H22F2N8S. The molecule has 3 N–H and O–H groups in total. The van der Waals surface area contributed by atoms with Crippen LogP contribution in [0.5, 0.6) is 0 Å². The quantitative estimate of drug-likeness (QED) is 0.401. The SMILES string of the molecule is Cc1cnc(Nc2nc(NCc3ccc(F)cc3F)nc3c2cnn3C2CCNCC2)s1. The summed E-state index contributed by atoms with van der Waals surface area (Å²) in [6.45, 7) is 3.96. The second-order valence-electron chi connectivity index (χ2n) is 7.69. The summed E-state index contributed by atoms with van der Waals surface area (Å²) in [6.07, 6.45) is 5.47. The molecule has 8 nitrogen and oxygen atoms in total. The van der Waals surface area contributed by atoms with Gasteiger partial charge in [-0.15, -0.1) is 11.3 Å². The fraction of sp³-hybridized carbons (Fsp3) is 0.333. The van der Waals surface area contributed by atoms with Crippen LogP contribution in [0.2, 0.25) is 0 Å². The average molecular weight is 457 g/mol. The number of nitrogens with zero attached hydrogens (tertiary/aromatic N) is 5. The molecule has 1 aliphatic heterocycles. The van der Waals surface area contributed by atoms with Gasteiger partial charge in [0.1, 0.15) is 17.5 Å². The third-order valence-corrected chi connectivity index (χ3v) is 6.24. The van der Waals surface area contributed by atoms with Crippen molar-refractivity contribution in [1.29, 1.82) is 0 Å². The topological polar surface area (TPSA) is 92.6 Å². The van der Waals surface area contributed by atoms with E-state index in [2.05, 4.69) is 36.0 Å². The normalized spacial score (nSPS) is 14.7. The molecule has 0 amide bonds. The Morgan fingerprint density at radius 2 is 2.03 bits per heavy atom. The first kappa shape index (κ1) is 20.7. The van der Waals surface area contributed by atoms with Gasteiger partial charge in [-0.1, -0.05) is 6.07 Å². The number of aryl methyl sites for hydroxylation is 1. The number of anilines is 3. The molecule has 32 heavy (non-hydrogen) atoms. The molecule has 1 aromatic carbocycles. The van der Waals surface area contributed by atoms with Gasteiger partial charge in [0, 0.05) is 29.2 Å². The van der Waals surface area contributed by atoms with Crippen molar-refractivity contribution in [2.24, 2.45) is 0 Å². The van der Waals surface area contributed by atoms with E-state index in [9.17, 15) is 8.78 Å². The van der Waals surface area contributed by atoms with Crippen molar-refractivity contribution in [2.45, 2.75) is 32.4 Å². The van der Waals surface area contributed by atoms with Crippen LogP contribution < -0.4 is 16.0 Å². The number of hydrogen-bond donors (Lipinski definition) is 3. The average Bonchev–Trinajstić information content (AvgIpc) is 3.40. The lowest BCUT2D eigenvalue weighted by molar-refractivity contribution is 0.350. The van der Waals surface area contributed by atoms with Crippen molar-refractivity contribution in [3.8, 4) is 0 Å². The zero-order valence-corrected chi connectivity index (χ0v) is 18.2. The number of thiazole rings is 1. The van der Waals surface area contributed by atoms with Gasteiger partial charge in [0.15, 0.2) is 10.8 Å². The van der Waals surface area contributed by atoms with Gasteiger partial charge in [0.25, 0.3) is 0 Å². The van der Waals surface area contributed by atoms with Crippen LogP contribution in [0.3, 0.4) is 0 Å². The number of benzene rings is 1. The zero-order valence-electron chi connectivity index (χ0n) is 17.4. The summed E-state index contributed by atoms with van der Waals surface area (Å²) in [5.41, 5.74) is 1.02. The summed E-state index contributed by atoms with van der Waals surface area (Å²) in [6, 6.07) is 3.74. The van der Waals surface area contributed by atoms with Gasteiger partial charge in [-0.3, -0.25) is 0 Å². The van der Waals surface area contributed by atoms with E-state index in [1.165, 1.54) is 23.5 Å². The maximum Gasteiger partial charge on any atom is 0.227 e. The highest BCUT2D eigenvalue weighted by molar-refractivity contribution is 7.15. The minimum absolute atomic E-state index is 0.120. The van der Waals surface area contributed by atoms with Crippen molar-refractivity contribution < 1.29 is 8.78 Å². The maximum absolute atomic E-state index is 14.1. The van der Waals surface area contributed by atoms with E-state index >= 15 is 0 Å². The summed E-state index contributed by atoms with van der Waals surface area (Å²) in [5.74, 6) is -0.325. The van der Waals surface area contributed by atoms with E-state index in [4.69, 9.17) is 0 Å². The van der Waals surface area contributed by atoms with Gasteiger partial charge in [0.05, 0.1) is 17.6 Å². The van der Waals surface area contributed by atoms with Crippen molar-refractivity contribution in [1.82, 2.24) is 30.0 Å². The molecule has 0 spiro atoms. The predicted molar refractivity (Wildman–Crippen MR) is 120 cm³/mol. The third-order valence-electron chi connectivity index (χ3n) is 5.41. The van der Waals surface area contributed by atoms with E-state index in [1.54, 1.807) is 12.4 Å². The molecule has 0 atom stereocenters. The van der Waals surface area contributed by atoms with Crippen LogP contribution in [0, 0.1) is 18.6 Å². The molecule has 0 radical (unpaired) electrons. The Kier molecular flexibility index (Phi) is 5.66. The molecule has 0 aliphatic carbocycles. The Labute approximate surface area is 187 Å². The number of nitrogens with one attached hydrogen (secondary N) is 3. The smallest absolute Gasteiger partial charge is 0.227 e. The van der Waals surface area contributed by atoms with Gasteiger partial charge in [0.2, 0.25) is 5.95 Å². The number of rotatable bonds is 6. The molecule has 0 saturated carbocycles. The van der Waals surface area contributed by atoms with Crippen molar-refractivity contribution in [3.63, 3.8) is 0 Å². The monoisotopic (exact) mass is 456 g/mol. The molecule has 1 aliphatic rings.